The van der Waals surface area contributed by atoms with Crippen molar-refractivity contribution < 1.29 is 4.42 Å². The molecule has 5 heteroatoms. The summed E-state index contributed by atoms with van der Waals surface area (Å²) in [5.74, 6) is 1.05. The molecule has 0 saturated carbocycles. The van der Waals surface area contributed by atoms with E-state index in [1.165, 1.54) is 33.9 Å². The summed E-state index contributed by atoms with van der Waals surface area (Å²) in [4.78, 5) is 7.54. The Bertz CT molecular complexity index is 2650. The summed E-state index contributed by atoms with van der Waals surface area (Å²) in [7, 11) is 0. The van der Waals surface area contributed by atoms with Gasteiger partial charge in [-0.25, -0.2) is 0 Å². The molecule has 2 atom stereocenters. The largest absolute Gasteiger partial charge is 0.468 e. The zero-order chi connectivity index (χ0) is 37.7. The second-order valence-electron chi connectivity index (χ2n) is 15.1. The van der Waals surface area contributed by atoms with Gasteiger partial charge in [-0.05, 0) is 90.4 Å². The third kappa shape index (κ3) is 5.53. The molecule has 272 valence electrons. The van der Waals surface area contributed by atoms with Crippen LogP contribution in [0.25, 0.3) is 22.5 Å². The van der Waals surface area contributed by atoms with Crippen molar-refractivity contribution in [2.75, 3.05) is 14.7 Å². The van der Waals surface area contributed by atoms with Crippen LogP contribution in [0.5, 0.6) is 0 Å². The summed E-state index contributed by atoms with van der Waals surface area (Å²) in [5.41, 5.74) is 15.3. The van der Waals surface area contributed by atoms with Crippen LogP contribution in [0.15, 0.2) is 233 Å². The number of hydrogen-bond acceptors (Lipinski definition) is 4. The number of para-hydroxylation sites is 4. The van der Waals surface area contributed by atoms with Crippen molar-refractivity contribution in [2.45, 2.75) is 24.7 Å². The van der Waals surface area contributed by atoms with E-state index in [1.54, 1.807) is 0 Å². The van der Waals surface area contributed by atoms with Gasteiger partial charge in [0.15, 0.2) is 0 Å². The van der Waals surface area contributed by atoms with Crippen LogP contribution in [-0.4, -0.2) is 12.8 Å². The molecular weight excluding hydrogens is 693 g/mol. The van der Waals surface area contributed by atoms with Gasteiger partial charge in [0.05, 0.1) is 23.0 Å². The Morgan fingerprint density at radius 2 is 1.12 bits per heavy atom. The van der Waals surface area contributed by atoms with Crippen molar-refractivity contribution in [1.82, 2.24) is 0 Å². The summed E-state index contributed by atoms with van der Waals surface area (Å²) in [6, 6.07) is 65.0. The minimum absolute atomic E-state index is 0.0238. The van der Waals surface area contributed by atoms with Crippen molar-refractivity contribution in [1.29, 1.82) is 0 Å². The van der Waals surface area contributed by atoms with Crippen LogP contribution in [0.2, 0.25) is 5.82 Å². The smallest absolute Gasteiger partial charge is 0.267 e. The first-order valence-electron chi connectivity index (χ1n) is 20.0. The monoisotopic (exact) mass is 733 g/mol. The highest BCUT2D eigenvalue weighted by atomic mass is 16.3. The van der Waals surface area contributed by atoms with Gasteiger partial charge in [-0.1, -0.05) is 146 Å². The highest BCUT2D eigenvalue weighted by molar-refractivity contribution is 6.83. The Morgan fingerprint density at radius 1 is 0.579 bits per heavy atom. The van der Waals surface area contributed by atoms with Crippen molar-refractivity contribution in [3.8, 4) is 22.5 Å². The fourth-order valence-electron chi connectivity index (χ4n) is 9.65. The Kier molecular flexibility index (Phi) is 8.17. The van der Waals surface area contributed by atoms with E-state index in [1.807, 2.05) is 0 Å². The van der Waals surface area contributed by atoms with E-state index in [4.69, 9.17) is 4.42 Å². The maximum Gasteiger partial charge on any atom is 0.267 e. The summed E-state index contributed by atoms with van der Waals surface area (Å²) >= 11 is 0. The molecule has 4 aliphatic rings. The second kappa shape index (κ2) is 14.0. The third-order valence-corrected chi connectivity index (χ3v) is 12.0. The summed E-state index contributed by atoms with van der Waals surface area (Å²) in [6.07, 6.45) is 11.4. The quantitative estimate of drug-likeness (QED) is 0.152. The van der Waals surface area contributed by atoms with Gasteiger partial charge in [0.25, 0.3) is 6.71 Å². The Labute approximate surface area is 334 Å². The molecule has 0 bridgehead atoms. The Balaban J connectivity index is 1.19. The van der Waals surface area contributed by atoms with Gasteiger partial charge in [0.1, 0.15) is 5.76 Å². The number of nitrogens with zero attached hydrogens (tertiary/aromatic N) is 3. The molecule has 0 N–H and O–H groups in total. The molecule has 1 aromatic heterocycles. The molecular formula is C52H40BN3O. The van der Waals surface area contributed by atoms with Gasteiger partial charge in [0, 0.05) is 45.4 Å². The number of benzene rings is 6. The molecule has 0 radical (unpaired) electrons. The molecule has 11 rings (SSSR count). The molecule has 7 aromatic rings. The first-order chi connectivity index (χ1) is 28.3. The molecule has 2 aliphatic carbocycles. The summed E-state index contributed by atoms with van der Waals surface area (Å²) < 4.78 is 7.49. The van der Waals surface area contributed by atoms with Crippen LogP contribution in [0, 0.1) is 0 Å². The van der Waals surface area contributed by atoms with Crippen LogP contribution in [0.4, 0.5) is 28.4 Å². The fraction of sp³-hybridized carbons (Fsp3) is 0.0769. The predicted octanol–water partition coefficient (Wildman–Crippen LogP) is 12.5. The standard InChI is InChI=1S/C52H40BN3O/c1-7-20-37(21-8-1)48-50-52(57-51(48)38-22-9-2-10-23-38)53-44-35-34-43(54(39-24-11-3-12-25-39)40-26-13-4-14-27-40)36-47(44)55(41-28-15-5-16-29-41)45-32-19-33-46(49(45)53)56(50)42-30-17-6-18-31-42/h1-32,34,36,44,46H,33,35H2. The molecule has 2 aliphatic heterocycles. The van der Waals surface area contributed by atoms with Crippen LogP contribution < -0.4 is 20.4 Å². The van der Waals surface area contributed by atoms with E-state index in [2.05, 4.69) is 221 Å². The molecule has 0 fully saturated rings. The number of rotatable bonds is 7. The molecule has 0 saturated heterocycles. The van der Waals surface area contributed by atoms with Crippen LogP contribution in [-0.2, 0) is 0 Å². The lowest BCUT2D eigenvalue weighted by Gasteiger charge is -2.52. The minimum atomic E-state index is 0.0238. The lowest BCUT2D eigenvalue weighted by Crippen LogP contribution is -2.58. The van der Waals surface area contributed by atoms with E-state index < -0.39 is 0 Å². The first-order valence-corrected chi connectivity index (χ1v) is 20.0. The molecule has 0 amide bonds. The number of fused-ring (bicyclic) bond motifs is 4. The van der Waals surface area contributed by atoms with E-state index in [-0.39, 0.29) is 18.6 Å². The fourth-order valence-corrected chi connectivity index (χ4v) is 9.65. The number of allylic oxidation sites excluding steroid dienone is 4. The van der Waals surface area contributed by atoms with Gasteiger partial charge >= 0.3 is 0 Å². The minimum Gasteiger partial charge on any atom is -0.468 e. The summed E-state index contributed by atoms with van der Waals surface area (Å²) in [5, 5.41) is 0. The maximum absolute atomic E-state index is 7.49. The van der Waals surface area contributed by atoms with Gasteiger partial charge in [-0.15, -0.1) is 0 Å². The first kappa shape index (κ1) is 33.4. The molecule has 0 spiro atoms. The zero-order valence-electron chi connectivity index (χ0n) is 31.5. The van der Waals surface area contributed by atoms with Gasteiger partial charge in [0.2, 0.25) is 0 Å². The normalized spacial score (nSPS) is 18.0. The van der Waals surface area contributed by atoms with Crippen molar-refractivity contribution in [2.24, 2.45) is 0 Å². The van der Waals surface area contributed by atoms with Gasteiger partial charge in [-0.2, -0.15) is 0 Å². The van der Waals surface area contributed by atoms with Crippen molar-refractivity contribution in [3.05, 3.63) is 229 Å². The Hall–Kier alpha value is -6.98. The lowest BCUT2D eigenvalue weighted by molar-refractivity contribution is 0.604. The molecule has 6 aromatic carbocycles. The van der Waals surface area contributed by atoms with Gasteiger partial charge < -0.3 is 19.1 Å². The maximum atomic E-state index is 7.49. The number of hydrogen-bond donors (Lipinski definition) is 0. The highest BCUT2D eigenvalue weighted by Crippen LogP contribution is 2.56. The highest BCUT2D eigenvalue weighted by Gasteiger charge is 2.54. The molecule has 57 heavy (non-hydrogen) atoms. The van der Waals surface area contributed by atoms with E-state index in [9.17, 15) is 0 Å². The average Bonchev–Trinajstić information content (AvgIpc) is 3.68. The van der Waals surface area contributed by atoms with Crippen LogP contribution in [0.3, 0.4) is 0 Å². The topological polar surface area (TPSA) is 22.9 Å². The summed E-state index contributed by atoms with van der Waals surface area (Å²) in [6.45, 7) is 0.0238. The predicted molar refractivity (Wildman–Crippen MR) is 237 cm³/mol. The molecule has 2 unspecified atom stereocenters. The van der Waals surface area contributed by atoms with Gasteiger partial charge in [-0.3, -0.25) is 0 Å². The van der Waals surface area contributed by atoms with E-state index in [0.29, 0.717) is 0 Å². The van der Waals surface area contributed by atoms with E-state index in [0.717, 1.165) is 58.0 Å². The molecule has 4 nitrogen and oxygen atoms in total. The average molecular weight is 734 g/mol. The second-order valence-corrected chi connectivity index (χ2v) is 15.1. The van der Waals surface area contributed by atoms with Crippen LogP contribution >= 0.6 is 0 Å². The van der Waals surface area contributed by atoms with Crippen LogP contribution in [0.1, 0.15) is 12.8 Å². The third-order valence-electron chi connectivity index (χ3n) is 12.0. The SMILES string of the molecule is C1=CC2=C3B(c4oc(-c5ccccc5)c(-c5ccccc5)c4N(c4ccccc4)C3C1)C1CC=C(N(c3ccccc3)c3ccccc3)C=C1N2c1ccccc1. The molecule has 3 heterocycles. The zero-order valence-corrected chi connectivity index (χ0v) is 31.5. The number of anilines is 5. The van der Waals surface area contributed by atoms with Crippen molar-refractivity contribution in [3.63, 3.8) is 0 Å². The lowest BCUT2D eigenvalue weighted by atomic mass is 9.29. The Morgan fingerprint density at radius 3 is 1.74 bits per heavy atom. The number of furan rings is 1. The van der Waals surface area contributed by atoms with Crippen molar-refractivity contribution >= 4 is 40.8 Å². The van der Waals surface area contributed by atoms with E-state index >= 15 is 0 Å².